The molecule has 100 valence electrons. The van der Waals surface area contributed by atoms with E-state index in [1.54, 1.807) is 13.0 Å². The highest BCUT2D eigenvalue weighted by Gasteiger charge is 2.12. The van der Waals surface area contributed by atoms with E-state index < -0.39 is 11.9 Å². The standard InChI is InChI=1S/C13H18O2.C3H6/c1-9(2)8-11-4-6-12(7-5-11)10(3)13(14)15;1-3-2/h4-7,9-10H,8H2,1-3H3,(H,14,15);3H,1H2,2H3. The summed E-state index contributed by atoms with van der Waals surface area (Å²) in [6.07, 6.45) is 2.79. The topological polar surface area (TPSA) is 37.3 Å². The van der Waals surface area contributed by atoms with Gasteiger partial charge < -0.3 is 5.11 Å². The second kappa shape index (κ2) is 8.51. The fourth-order valence-corrected chi connectivity index (χ4v) is 1.56. The first-order valence-electron chi connectivity index (χ1n) is 6.31. The van der Waals surface area contributed by atoms with Crippen molar-refractivity contribution in [1.82, 2.24) is 0 Å². The minimum Gasteiger partial charge on any atom is -0.481 e. The van der Waals surface area contributed by atoms with Crippen LogP contribution in [0.5, 0.6) is 0 Å². The second-order valence-corrected chi connectivity index (χ2v) is 4.81. The summed E-state index contributed by atoms with van der Waals surface area (Å²) in [5.74, 6) is -0.558. The molecule has 0 saturated heterocycles. The summed E-state index contributed by atoms with van der Waals surface area (Å²) in [6, 6.07) is 7.87. The van der Waals surface area contributed by atoms with Gasteiger partial charge >= 0.3 is 5.97 Å². The Balaban J connectivity index is 0.000000873. The lowest BCUT2D eigenvalue weighted by molar-refractivity contribution is -0.138. The Morgan fingerprint density at radius 1 is 1.28 bits per heavy atom. The minimum atomic E-state index is -0.772. The number of carboxylic acid groups (broad SMARTS) is 1. The second-order valence-electron chi connectivity index (χ2n) is 4.81. The third kappa shape index (κ3) is 6.24. The van der Waals surface area contributed by atoms with Gasteiger partial charge in [-0.3, -0.25) is 4.79 Å². The Hall–Kier alpha value is -1.57. The van der Waals surface area contributed by atoms with Crippen molar-refractivity contribution in [1.29, 1.82) is 0 Å². The van der Waals surface area contributed by atoms with Gasteiger partial charge in [0.25, 0.3) is 0 Å². The molecule has 0 spiro atoms. The molecule has 1 unspecified atom stereocenters. The lowest BCUT2D eigenvalue weighted by Crippen LogP contribution is -2.07. The molecule has 1 atom stereocenters. The molecule has 0 aliphatic rings. The molecule has 1 N–H and O–H groups in total. The summed E-state index contributed by atoms with van der Waals surface area (Å²) in [7, 11) is 0. The number of rotatable bonds is 4. The van der Waals surface area contributed by atoms with Crippen LogP contribution in [0, 0.1) is 5.92 Å². The predicted molar refractivity (Wildman–Crippen MR) is 76.9 cm³/mol. The molecule has 0 amide bonds. The minimum absolute atomic E-state index is 0.418. The Kier molecular flexibility index (Phi) is 7.77. The van der Waals surface area contributed by atoms with E-state index in [-0.39, 0.29) is 0 Å². The number of hydrogen-bond acceptors (Lipinski definition) is 1. The molecule has 0 aliphatic heterocycles. The third-order valence-electron chi connectivity index (χ3n) is 2.49. The number of aliphatic carboxylic acids is 1. The first-order chi connectivity index (χ1) is 8.42. The molecule has 0 fully saturated rings. The van der Waals surface area contributed by atoms with Gasteiger partial charge in [0.15, 0.2) is 0 Å². The molecular weight excluding hydrogens is 224 g/mol. The van der Waals surface area contributed by atoms with Crippen LogP contribution in [0.4, 0.5) is 0 Å². The molecule has 0 saturated carbocycles. The van der Waals surface area contributed by atoms with Gasteiger partial charge in [0, 0.05) is 0 Å². The van der Waals surface area contributed by atoms with Crippen molar-refractivity contribution < 1.29 is 9.90 Å². The zero-order chi connectivity index (χ0) is 14.1. The quantitative estimate of drug-likeness (QED) is 0.808. The largest absolute Gasteiger partial charge is 0.481 e. The van der Waals surface area contributed by atoms with E-state index in [0.717, 1.165) is 12.0 Å². The van der Waals surface area contributed by atoms with Gasteiger partial charge in [0.05, 0.1) is 5.92 Å². The van der Waals surface area contributed by atoms with Crippen molar-refractivity contribution in [2.75, 3.05) is 0 Å². The summed E-state index contributed by atoms with van der Waals surface area (Å²) >= 11 is 0. The van der Waals surface area contributed by atoms with Gasteiger partial charge in [-0.1, -0.05) is 44.2 Å². The molecule has 0 heterocycles. The lowest BCUT2D eigenvalue weighted by atomic mass is 9.97. The summed E-state index contributed by atoms with van der Waals surface area (Å²) in [5.41, 5.74) is 2.14. The molecule has 0 radical (unpaired) electrons. The predicted octanol–water partition coefficient (Wildman–Crippen LogP) is 4.27. The van der Waals surface area contributed by atoms with Crippen LogP contribution < -0.4 is 0 Å². The summed E-state index contributed by atoms with van der Waals surface area (Å²) in [5, 5.41) is 8.85. The molecule has 18 heavy (non-hydrogen) atoms. The SMILES string of the molecule is C=CC.CC(C)Cc1ccc(C(C)C(=O)O)cc1. The van der Waals surface area contributed by atoms with Gasteiger partial charge in [-0.15, -0.1) is 6.58 Å². The molecule has 2 heteroatoms. The smallest absolute Gasteiger partial charge is 0.310 e. The summed E-state index contributed by atoms with van der Waals surface area (Å²) in [4.78, 5) is 10.8. The van der Waals surface area contributed by atoms with Crippen molar-refractivity contribution in [3.8, 4) is 0 Å². The average molecular weight is 248 g/mol. The van der Waals surface area contributed by atoms with Crippen molar-refractivity contribution in [3.05, 3.63) is 48.0 Å². The van der Waals surface area contributed by atoms with Crippen LogP contribution in [0.2, 0.25) is 0 Å². The lowest BCUT2D eigenvalue weighted by Gasteiger charge is -2.09. The van der Waals surface area contributed by atoms with E-state index in [4.69, 9.17) is 5.11 Å². The molecule has 0 aromatic heterocycles. The fourth-order valence-electron chi connectivity index (χ4n) is 1.56. The van der Waals surface area contributed by atoms with Crippen molar-refractivity contribution >= 4 is 5.97 Å². The van der Waals surface area contributed by atoms with Crippen LogP contribution in [0.3, 0.4) is 0 Å². The van der Waals surface area contributed by atoms with E-state index >= 15 is 0 Å². The van der Waals surface area contributed by atoms with Gasteiger partial charge in [-0.05, 0) is 37.3 Å². The highest BCUT2D eigenvalue weighted by molar-refractivity contribution is 5.75. The van der Waals surface area contributed by atoms with Gasteiger partial charge in [0.1, 0.15) is 0 Å². The van der Waals surface area contributed by atoms with Crippen LogP contribution in [0.25, 0.3) is 0 Å². The first kappa shape index (κ1) is 16.4. The summed E-state index contributed by atoms with van der Waals surface area (Å²) in [6.45, 7) is 11.3. The molecule has 1 rings (SSSR count). The van der Waals surface area contributed by atoms with Gasteiger partial charge in [-0.2, -0.15) is 0 Å². The Bertz CT molecular complexity index is 363. The Labute approximate surface area is 110 Å². The monoisotopic (exact) mass is 248 g/mol. The van der Waals surface area contributed by atoms with Gasteiger partial charge in [0.2, 0.25) is 0 Å². The summed E-state index contributed by atoms with van der Waals surface area (Å²) < 4.78 is 0. The van der Waals surface area contributed by atoms with Crippen molar-refractivity contribution in [3.63, 3.8) is 0 Å². The molecule has 2 nitrogen and oxygen atoms in total. The fraction of sp³-hybridized carbons (Fsp3) is 0.438. The van der Waals surface area contributed by atoms with E-state index in [9.17, 15) is 4.79 Å². The van der Waals surface area contributed by atoms with E-state index in [2.05, 4.69) is 20.4 Å². The van der Waals surface area contributed by atoms with E-state index in [0.29, 0.717) is 5.92 Å². The molecule has 1 aromatic rings. The maximum atomic E-state index is 10.8. The van der Waals surface area contributed by atoms with Crippen LogP contribution in [-0.2, 0) is 11.2 Å². The van der Waals surface area contributed by atoms with Crippen molar-refractivity contribution in [2.45, 2.75) is 40.0 Å². The molecule has 0 bridgehead atoms. The van der Waals surface area contributed by atoms with Crippen molar-refractivity contribution in [2.24, 2.45) is 5.92 Å². The van der Waals surface area contributed by atoms with Gasteiger partial charge in [-0.25, -0.2) is 0 Å². The highest BCUT2D eigenvalue weighted by Crippen LogP contribution is 2.17. The van der Waals surface area contributed by atoms with Crippen LogP contribution in [0.15, 0.2) is 36.9 Å². The highest BCUT2D eigenvalue weighted by atomic mass is 16.4. The van der Waals surface area contributed by atoms with Crippen LogP contribution >= 0.6 is 0 Å². The van der Waals surface area contributed by atoms with Crippen LogP contribution in [0.1, 0.15) is 44.7 Å². The zero-order valence-electron chi connectivity index (χ0n) is 11.8. The number of benzene rings is 1. The maximum Gasteiger partial charge on any atom is 0.310 e. The third-order valence-corrected chi connectivity index (χ3v) is 2.49. The Morgan fingerprint density at radius 3 is 2.06 bits per heavy atom. The number of carbonyl (C=O) groups is 1. The number of allylic oxidation sites excluding steroid dienone is 1. The molecule has 1 aromatic carbocycles. The zero-order valence-corrected chi connectivity index (χ0v) is 11.8. The number of hydrogen-bond donors (Lipinski definition) is 1. The van der Waals surface area contributed by atoms with Crippen LogP contribution in [-0.4, -0.2) is 11.1 Å². The molecular formula is C16H24O2. The Morgan fingerprint density at radius 2 is 1.72 bits per heavy atom. The molecule has 0 aliphatic carbocycles. The first-order valence-corrected chi connectivity index (χ1v) is 6.31. The number of carboxylic acids is 1. The average Bonchev–Trinajstić information content (AvgIpc) is 2.29. The maximum absolute atomic E-state index is 10.8. The normalized spacial score (nSPS) is 11.4. The van der Waals surface area contributed by atoms with E-state index in [1.165, 1.54) is 5.56 Å². The van der Waals surface area contributed by atoms with E-state index in [1.807, 2.05) is 31.2 Å².